The van der Waals surface area contributed by atoms with Crippen molar-refractivity contribution >= 4 is 11.9 Å². The van der Waals surface area contributed by atoms with Gasteiger partial charge >= 0.3 is 5.97 Å². The first-order valence-electron chi connectivity index (χ1n) is 7.31. The molecule has 0 bridgehead atoms. The number of benzene rings is 1. The Morgan fingerprint density at radius 2 is 2.05 bits per heavy atom. The van der Waals surface area contributed by atoms with Crippen molar-refractivity contribution in [2.75, 3.05) is 19.8 Å². The van der Waals surface area contributed by atoms with E-state index in [4.69, 9.17) is 9.84 Å². The maximum atomic E-state index is 12.5. The first kappa shape index (κ1) is 15.5. The van der Waals surface area contributed by atoms with E-state index < -0.39 is 5.97 Å². The maximum Gasteiger partial charge on any atom is 0.305 e. The van der Waals surface area contributed by atoms with E-state index in [-0.39, 0.29) is 25.0 Å². The summed E-state index contributed by atoms with van der Waals surface area (Å²) in [6.07, 6.45) is 1.98. The number of rotatable bonds is 5. The third-order valence-electron chi connectivity index (χ3n) is 3.64. The molecule has 114 valence electrons. The first-order valence-corrected chi connectivity index (χ1v) is 7.31. The lowest BCUT2D eigenvalue weighted by Crippen LogP contribution is -2.49. The number of morpholine rings is 1. The number of hydrogen-bond acceptors (Lipinski definition) is 3. The second-order valence-electron chi connectivity index (χ2n) is 5.27. The Bertz CT molecular complexity index is 498. The van der Waals surface area contributed by atoms with E-state index in [2.05, 4.69) is 6.92 Å². The first-order chi connectivity index (χ1) is 10.1. The van der Waals surface area contributed by atoms with Crippen molar-refractivity contribution in [2.24, 2.45) is 0 Å². The summed E-state index contributed by atoms with van der Waals surface area (Å²) in [5, 5.41) is 8.94. The monoisotopic (exact) mass is 291 g/mol. The second kappa shape index (κ2) is 7.22. The van der Waals surface area contributed by atoms with Crippen LogP contribution >= 0.6 is 0 Å². The summed E-state index contributed by atoms with van der Waals surface area (Å²) in [5.41, 5.74) is 1.81. The van der Waals surface area contributed by atoms with E-state index in [0.29, 0.717) is 18.7 Å². The molecule has 21 heavy (non-hydrogen) atoms. The molecule has 1 heterocycles. The second-order valence-corrected chi connectivity index (χ2v) is 5.27. The zero-order valence-corrected chi connectivity index (χ0v) is 12.2. The zero-order chi connectivity index (χ0) is 15.2. The normalized spacial score (nSPS) is 18.5. The molecule has 1 atom stereocenters. The molecular weight excluding hydrogens is 270 g/mol. The topological polar surface area (TPSA) is 66.8 Å². The zero-order valence-electron chi connectivity index (χ0n) is 12.2. The summed E-state index contributed by atoms with van der Waals surface area (Å²) in [5.74, 6) is -1.03. The number of carboxylic acid groups (broad SMARTS) is 1. The van der Waals surface area contributed by atoms with Crippen LogP contribution in [0.2, 0.25) is 0 Å². The van der Waals surface area contributed by atoms with Crippen molar-refractivity contribution < 1.29 is 19.4 Å². The van der Waals surface area contributed by atoms with Crippen LogP contribution < -0.4 is 0 Å². The van der Waals surface area contributed by atoms with Gasteiger partial charge in [0, 0.05) is 12.1 Å². The predicted octanol–water partition coefficient (Wildman–Crippen LogP) is 1.95. The highest BCUT2D eigenvalue weighted by Crippen LogP contribution is 2.16. The van der Waals surface area contributed by atoms with Crippen LogP contribution in [0.1, 0.15) is 35.7 Å². The summed E-state index contributed by atoms with van der Waals surface area (Å²) < 4.78 is 5.29. The largest absolute Gasteiger partial charge is 0.481 e. The molecule has 1 aliphatic heterocycles. The molecule has 0 saturated carbocycles. The van der Waals surface area contributed by atoms with E-state index in [1.165, 1.54) is 5.56 Å². The summed E-state index contributed by atoms with van der Waals surface area (Å²) in [6, 6.07) is 7.17. The summed E-state index contributed by atoms with van der Waals surface area (Å²) in [6.45, 7) is 3.29. The Hall–Kier alpha value is -1.88. The minimum Gasteiger partial charge on any atom is -0.481 e. The van der Waals surface area contributed by atoms with Crippen molar-refractivity contribution in [3.63, 3.8) is 0 Å². The molecule has 0 aliphatic carbocycles. The standard InChI is InChI=1S/C16H21NO4/c1-2-3-12-4-6-13(7-5-12)16(20)17-8-9-21-11-14(17)10-15(18)19/h4-7,14H,2-3,8-11H2,1H3,(H,18,19). The highest BCUT2D eigenvalue weighted by molar-refractivity contribution is 5.94. The van der Waals surface area contributed by atoms with Crippen molar-refractivity contribution in [1.29, 1.82) is 0 Å². The van der Waals surface area contributed by atoms with Gasteiger partial charge in [0.15, 0.2) is 0 Å². The van der Waals surface area contributed by atoms with Crippen LogP contribution in [0.5, 0.6) is 0 Å². The molecule has 1 fully saturated rings. The van der Waals surface area contributed by atoms with Crippen LogP contribution in [0.3, 0.4) is 0 Å². The van der Waals surface area contributed by atoms with Gasteiger partial charge in [0.2, 0.25) is 0 Å². The highest BCUT2D eigenvalue weighted by Gasteiger charge is 2.29. The minimum atomic E-state index is -0.915. The van der Waals surface area contributed by atoms with Crippen molar-refractivity contribution in [2.45, 2.75) is 32.2 Å². The SMILES string of the molecule is CCCc1ccc(C(=O)N2CCOCC2CC(=O)O)cc1. The Labute approximate surface area is 124 Å². The molecule has 2 rings (SSSR count). The van der Waals surface area contributed by atoms with Gasteiger partial charge in [-0.05, 0) is 24.1 Å². The average Bonchev–Trinajstić information content (AvgIpc) is 2.48. The molecule has 1 aliphatic rings. The lowest BCUT2D eigenvalue weighted by Gasteiger charge is -2.34. The van der Waals surface area contributed by atoms with Crippen LogP contribution in [-0.4, -0.2) is 47.7 Å². The molecular formula is C16H21NO4. The average molecular weight is 291 g/mol. The lowest BCUT2D eigenvalue weighted by molar-refractivity contribution is -0.139. The Balaban J connectivity index is 2.10. The molecule has 1 amide bonds. The molecule has 0 aromatic heterocycles. The van der Waals surface area contributed by atoms with Crippen LogP contribution in [0.25, 0.3) is 0 Å². The number of aliphatic carboxylic acids is 1. The summed E-state index contributed by atoms with van der Waals surface area (Å²) >= 11 is 0. The number of carbonyl (C=O) groups is 2. The van der Waals surface area contributed by atoms with Gasteiger partial charge in [-0.25, -0.2) is 0 Å². The maximum absolute atomic E-state index is 12.5. The Morgan fingerprint density at radius 3 is 2.67 bits per heavy atom. The van der Waals surface area contributed by atoms with E-state index in [9.17, 15) is 9.59 Å². The third-order valence-corrected chi connectivity index (χ3v) is 3.64. The number of hydrogen-bond donors (Lipinski definition) is 1. The van der Waals surface area contributed by atoms with Crippen molar-refractivity contribution in [3.8, 4) is 0 Å². The smallest absolute Gasteiger partial charge is 0.305 e. The fourth-order valence-electron chi connectivity index (χ4n) is 2.56. The van der Waals surface area contributed by atoms with Crippen molar-refractivity contribution in [3.05, 3.63) is 35.4 Å². The van der Waals surface area contributed by atoms with Crippen LogP contribution in [-0.2, 0) is 16.0 Å². The number of carboxylic acids is 1. The van der Waals surface area contributed by atoms with Gasteiger partial charge in [0.25, 0.3) is 5.91 Å². The van der Waals surface area contributed by atoms with Gasteiger partial charge in [-0.3, -0.25) is 9.59 Å². The predicted molar refractivity (Wildman–Crippen MR) is 78.3 cm³/mol. The molecule has 1 N–H and O–H groups in total. The van der Waals surface area contributed by atoms with Crippen LogP contribution in [0.15, 0.2) is 24.3 Å². The minimum absolute atomic E-state index is 0.0837. The number of amides is 1. The van der Waals surface area contributed by atoms with Gasteiger partial charge < -0.3 is 14.7 Å². The van der Waals surface area contributed by atoms with Gasteiger partial charge in [-0.15, -0.1) is 0 Å². The van der Waals surface area contributed by atoms with Crippen LogP contribution in [0.4, 0.5) is 0 Å². The summed E-state index contributed by atoms with van der Waals surface area (Å²) in [7, 11) is 0. The molecule has 5 heteroatoms. The molecule has 1 saturated heterocycles. The number of nitrogens with zero attached hydrogens (tertiary/aromatic N) is 1. The molecule has 0 spiro atoms. The van der Waals surface area contributed by atoms with E-state index in [1.54, 1.807) is 4.90 Å². The quantitative estimate of drug-likeness (QED) is 0.900. The molecule has 1 unspecified atom stereocenters. The summed E-state index contributed by atoms with van der Waals surface area (Å²) in [4.78, 5) is 25.1. The van der Waals surface area contributed by atoms with Gasteiger partial charge in [0.05, 0.1) is 25.7 Å². The molecule has 0 radical (unpaired) electrons. The van der Waals surface area contributed by atoms with Crippen molar-refractivity contribution in [1.82, 2.24) is 4.90 Å². The Morgan fingerprint density at radius 1 is 1.33 bits per heavy atom. The third kappa shape index (κ3) is 4.04. The fraction of sp³-hybridized carbons (Fsp3) is 0.500. The molecule has 1 aromatic rings. The van der Waals surface area contributed by atoms with E-state index >= 15 is 0 Å². The van der Waals surface area contributed by atoms with E-state index in [0.717, 1.165) is 12.8 Å². The molecule has 5 nitrogen and oxygen atoms in total. The number of ether oxygens (including phenoxy) is 1. The fourth-order valence-corrected chi connectivity index (χ4v) is 2.56. The van der Waals surface area contributed by atoms with Gasteiger partial charge in [0.1, 0.15) is 0 Å². The van der Waals surface area contributed by atoms with Crippen LogP contribution in [0, 0.1) is 0 Å². The highest BCUT2D eigenvalue weighted by atomic mass is 16.5. The molecule has 1 aromatic carbocycles. The van der Waals surface area contributed by atoms with Gasteiger partial charge in [-0.2, -0.15) is 0 Å². The Kier molecular flexibility index (Phi) is 5.33. The number of aryl methyl sites for hydroxylation is 1. The lowest BCUT2D eigenvalue weighted by atomic mass is 10.1. The van der Waals surface area contributed by atoms with Gasteiger partial charge in [-0.1, -0.05) is 25.5 Å². The van der Waals surface area contributed by atoms with E-state index in [1.807, 2.05) is 24.3 Å². The number of carbonyl (C=O) groups excluding carboxylic acids is 1.